The van der Waals surface area contributed by atoms with E-state index in [2.05, 4.69) is 27.7 Å². The lowest BCUT2D eigenvalue weighted by atomic mass is 9.92. The molecule has 0 aliphatic carbocycles. The second-order valence-electron chi connectivity index (χ2n) is 16.3. The molecule has 6 heterocycles. The van der Waals surface area contributed by atoms with E-state index < -0.39 is 34.4 Å². The van der Waals surface area contributed by atoms with Crippen molar-refractivity contribution in [2.24, 2.45) is 35.1 Å². The molecular weight excluding hydrogens is 1210 g/mol. The van der Waals surface area contributed by atoms with Crippen LogP contribution in [0.5, 0.6) is 11.5 Å². The van der Waals surface area contributed by atoms with E-state index >= 15 is 8.78 Å². The number of halogens is 27. The van der Waals surface area contributed by atoms with Crippen LogP contribution in [0.3, 0.4) is 0 Å². The number of carbonyl (C=O) groups is 2. The standard InChI is InChI=1S/2C20H24FN3O4.12F2.FH/c2*1-9(2)12-5-23(7-15(12)22)17-14(21)4-11-16-19(17)28-8-10(3)24(16)6-13(18(11)25)20(26)27;12*1-2;/h2*4,6,9-10,12,15H,5,7-8,22H2,1-3H3,(H,26,27);;;;;;;;;;;;;1H/t10-,12+,15+;10-,12-,15+;;;;;;;;;;;;;/m00............./s1. The van der Waals surface area contributed by atoms with Crippen LogP contribution in [0.4, 0.5) is 135 Å². The molecule has 4 aliphatic heterocycles. The van der Waals surface area contributed by atoms with Gasteiger partial charge in [0.15, 0.2) is 23.1 Å². The van der Waals surface area contributed by atoms with E-state index in [0.717, 1.165) is 12.1 Å². The summed E-state index contributed by atoms with van der Waals surface area (Å²) in [4.78, 5) is 52.0. The SMILES string of the molecule is CC(C)[C@@H]1CN(c2c(F)cc3c(=O)c(C(=O)O)cn4c3c2OC[C@@H]4C)C[C@H]1N.CC(C)[C@H]1CN(c2c(F)cc3c(=O)c(C(=O)O)cn4c3c2OC[C@@H]4C)C[C@H]1N.F.FF.FF.FF.FF.FF.FF.FF.FF.FF.FF.FF.FF. The highest BCUT2D eigenvalue weighted by Gasteiger charge is 2.39. The molecule has 0 spiro atoms. The summed E-state index contributed by atoms with van der Waals surface area (Å²) < 4.78 is 238. The lowest BCUT2D eigenvalue weighted by Gasteiger charge is -2.31. The van der Waals surface area contributed by atoms with Crippen LogP contribution < -0.4 is 41.6 Å². The first-order chi connectivity index (χ1) is 38.4. The number of hydrogen-bond acceptors (Lipinski definition) is 10. The second-order valence-corrected chi connectivity index (χ2v) is 16.3. The van der Waals surface area contributed by atoms with Gasteiger partial charge in [-0.25, -0.2) is 18.4 Å². The maximum Gasteiger partial charge on any atom is 0.341 e. The Morgan fingerprint density at radius 1 is 0.506 bits per heavy atom. The molecule has 4 aromatic rings. The Hall–Kier alpha value is -6.97. The number of nitrogens with two attached hydrogens (primary N) is 2. The van der Waals surface area contributed by atoms with Gasteiger partial charge in [-0.1, -0.05) is 27.7 Å². The third-order valence-electron chi connectivity index (χ3n) is 11.9. The van der Waals surface area contributed by atoms with Gasteiger partial charge < -0.3 is 50.1 Å². The highest BCUT2D eigenvalue weighted by Crippen LogP contribution is 2.45. The van der Waals surface area contributed by atoms with Gasteiger partial charge in [0, 0.05) is 160 Å². The molecule has 6 atom stereocenters. The number of aromatic nitrogens is 2. The lowest BCUT2D eigenvalue weighted by molar-refractivity contribution is 0.0683. The fourth-order valence-electron chi connectivity index (χ4n) is 8.80. The Kier molecular flexibility index (Phi) is 51.9. The van der Waals surface area contributed by atoms with E-state index in [1.165, 1.54) is 12.4 Å². The van der Waals surface area contributed by atoms with E-state index in [1.54, 1.807) is 9.13 Å². The predicted octanol–water partition coefficient (Wildman–Crippen LogP) is 14.7. The highest BCUT2D eigenvalue weighted by molar-refractivity contribution is 5.98. The minimum absolute atomic E-state index is 0. The average molecular weight is 1250 g/mol. The molecular formula is C40H49F27N6O8. The van der Waals surface area contributed by atoms with Gasteiger partial charge in [-0.15, -0.1) is 0 Å². The molecule has 2 aromatic carbocycles. The maximum absolute atomic E-state index is 15.2. The van der Waals surface area contributed by atoms with Crippen LogP contribution >= 0.6 is 0 Å². The molecule has 81 heavy (non-hydrogen) atoms. The predicted molar refractivity (Wildman–Crippen MR) is 237 cm³/mol. The topological polar surface area (TPSA) is 196 Å². The minimum atomic E-state index is -1.33. The normalized spacial score (nSPS) is 17.5. The first kappa shape index (κ1) is 87.9. The number of carboxylic acid groups (broad SMARTS) is 2. The number of nitrogens with zero attached hydrogens (tertiary/aromatic N) is 4. The number of carboxylic acids is 2. The number of aromatic carboxylic acids is 2. The molecule has 14 nitrogen and oxygen atoms in total. The molecule has 0 saturated carbocycles. The zero-order valence-electron chi connectivity index (χ0n) is 41.7. The number of ether oxygens (including phenoxy) is 2. The highest BCUT2D eigenvalue weighted by atomic mass is 20.0. The molecule has 2 aromatic heterocycles. The Morgan fingerprint density at radius 2 is 0.753 bits per heavy atom. The van der Waals surface area contributed by atoms with E-state index in [1.807, 2.05) is 23.6 Å². The van der Waals surface area contributed by atoms with Crippen LogP contribution in [0.25, 0.3) is 21.8 Å². The zero-order valence-corrected chi connectivity index (χ0v) is 41.7. The summed E-state index contributed by atoms with van der Waals surface area (Å²) in [6, 6.07) is 1.74. The van der Waals surface area contributed by atoms with Crippen molar-refractivity contribution in [3.05, 3.63) is 67.7 Å². The summed E-state index contributed by atoms with van der Waals surface area (Å²) in [5.74, 6) is -2.11. The van der Waals surface area contributed by atoms with Crippen molar-refractivity contribution in [3.63, 3.8) is 0 Å². The molecule has 2 saturated heterocycles. The van der Waals surface area contributed by atoms with Crippen molar-refractivity contribution >= 4 is 45.1 Å². The Labute approximate surface area is 436 Å². The van der Waals surface area contributed by atoms with Crippen molar-refractivity contribution in [2.45, 2.75) is 65.7 Å². The number of anilines is 2. The fourth-order valence-corrected chi connectivity index (χ4v) is 8.80. The van der Waals surface area contributed by atoms with Crippen LogP contribution in [-0.4, -0.2) is 82.8 Å². The maximum atomic E-state index is 15.2. The van der Waals surface area contributed by atoms with Gasteiger partial charge in [-0.05, 0) is 49.7 Å². The number of benzene rings is 2. The monoisotopic (exact) mass is 1250 g/mol. The number of rotatable bonds is 6. The Balaban J connectivity index is -0.000000196. The Morgan fingerprint density at radius 3 is 0.963 bits per heavy atom. The van der Waals surface area contributed by atoms with Crippen molar-refractivity contribution < 1.29 is 153 Å². The van der Waals surface area contributed by atoms with E-state index in [0.29, 0.717) is 71.9 Å². The van der Waals surface area contributed by atoms with Crippen molar-refractivity contribution in [1.82, 2.24) is 9.13 Å². The first-order valence-electron chi connectivity index (χ1n) is 20.7. The van der Waals surface area contributed by atoms with Gasteiger partial charge >= 0.3 is 11.9 Å². The summed E-state index contributed by atoms with van der Waals surface area (Å²) in [5.41, 5.74) is 11.9. The largest absolute Gasteiger partial charge is 0.487 e. The van der Waals surface area contributed by atoms with Gasteiger partial charge in [0.2, 0.25) is 10.9 Å². The molecule has 0 amide bonds. The van der Waals surface area contributed by atoms with Gasteiger partial charge in [-0.2, -0.15) is 0 Å². The second kappa shape index (κ2) is 47.8. The molecule has 41 heteroatoms. The number of hydrogen-bond donors (Lipinski definition) is 4. The van der Waals surface area contributed by atoms with E-state index in [-0.39, 0.29) is 75.8 Å². The quantitative estimate of drug-likeness (QED) is 0.134. The van der Waals surface area contributed by atoms with Crippen molar-refractivity contribution in [2.75, 3.05) is 49.2 Å². The third-order valence-corrected chi connectivity index (χ3v) is 11.9. The van der Waals surface area contributed by atoms with Gasteiger partial charge in [0.1, 0.15) is 35.7 Å². The van der Waals surface area contributed by atoms with Crippen LogP contribution in [0.1, 0.15) is 74.3 Å². The zero-order chi connectivity index (χ0) is 64.7. The van der Waals surface area contributed by atoms with Gasteiger partial charge in [0.05, 0.1) is 33.9 Å². The number of pyridine rings is 2. The molecule has 0 bridgehead atoms. The minimum Gasteiger partial charge on any atom is -0.487 e. The summed E-state index contributed by atoms with van der Waals surface area (Å²) in [5, 5.41) is 18.8. The molecule has 6 N–H and O–H groups in total. The molecule has 0 unspecified atom stereocenters. The third kappa shape index (κ3) is 21.5. The summed E-state index contributed by atoms with van der Waals surface area (Å²) in [7, 11) is 0. The smallest absolute Gasteiger partial charge is 0.341 e. The van der Waals surface area contributed by atoms with Crippen LogP contribution in [-0.2, 0) is 0 Å². The summed E-state index contributed by atoms with van der Waals surface area (Å²) >= 11 is 0. The van der Waals surface area contributed by atoms with Crippen LogP contribution in [0, 0.1) is 35.3 Å². The van der Waals surface area contributed by atoms with E-state index in [4.69, 9.17) is 131 Å². The average Bonchev–Trinajstić information content (AvgIpc) is 4.09. The van der Waals surface area contributed by atoms with E-state index in [9.17, 15) is 29.4 Å². The lowest BCUT2D eigenvalue weighted by Crippen LogP contribution is -2.32. The van der Waals surface area contributed by atoms with Gasteiger partial charge in [-0.3, -0.25) is 14.3 Å². The van der Waals surface area contributed by atoms with Crippen LogP contribution in [0.15, 0.2) is 34.1 Å². The molecule has 8 rings (SSSR count). The molecule has 0 radical (unpaired) electrons. The molecule has 2 fully saturated rings. The molecule has 476 valence electrons. The van der Waals surface area contributed by atoms with Crippen molar-refractivity contribution in [1.29, 1.82) is 0 Å². The van der Waals surface area contributed by atoms with Crippen molar-refractivity contribution in [3.8, 4) is 11.5 Å². The Bertz CT molecular complexity index is 2290. The molecule has 4 aliphatic rings. The fraction of sp³-hybridized carbons (Fsp3) is 0.500. The summed E-state index contributed by atoms with van der Waals surface area (Å²) in [6.45, 7) is 14.8. The van der Waals surface area contributed by atoms with Crippen LogP contribution in [0.2, 0.25) is 0 Å². The van der Waals surface area contributed by atoms with Gasteiger partial charge in [0.25, 0.3) is 0 Å². The first-order valence-corrected chi connectivity index (χ1v) is 20.7. The summed E-state index contributed by atoms with van der Waals surface area (Å²) in [6.07, 6.45) is 2.66.